The second-order valence-electron chi connectivity index (χ2n) is 2.61. The average Bonchev–Trinajstić information content (AvgIpc) is 1.99. The predicted octanol–water partition coefficient (Wildman–Crippen LogP) is 2.68. The van der Waals surface area contributed by atoms with E-state index in [1.54, 1.807) is 0 Å². The first-order valence-electron chi connectivity index (χ1n) is 3.66. The van der Waals surface area contributed by atoms with Gasteiger partial charge in [0.1, 0.15) is 0 Å². The summed E-state index contributed by atoms with van der Waals surface area (Å²) in [5.41, 5.74) is -0.556. The van der Waals surface area contributed by atoms with Crippen LogP contribution in [0, 0.1) is 17.0 Å². The molecule has 0 amide bonds. The average molecular weight is 220 g/mol. The van der Waals surface area contributed by atoms with Crippen molar-refractivity contribution >= 4 is 5.69 Å². The molecule has 0 N–H and O–H groups in total. The van der Waals surface area contributed by atoms with Crippen molar-refractivity contribution in [1.29, 1.82) is 0 Å². The van der Waals surface area contributed by atoms with Gasteiger partial charge in [0, 0.05) is 6.07 Å². The SMILES string of the molecule is [CH2]c1ccc([N+](=O)[O-])c(OC(F)(F)F)c1. The Hall–Kier alpha value is -1.79. The second-order valence-corrected chi connectivity index (χ2v) is 2.61. The molecule has 0 fully saturated rings. The molecule has 1 aromatic carbocycles. The topological polar surface area (TPSA) is 52.4 Å². The summed E-state index contributed by atoms with van der Waals surface area (Å²) >= 11 is 0. The number of halogens is 3. The predicted molar refractivity (Wildman–Crippen MR) is 44.2 cm³/mol. The molecule has 0 saturated carbocycles. The Balaban J connectivity index is 3.13. The van der Waals surface area contributed by atoms with Crippen LogP contribution in [0.2, 0.25) is 0 Å². The molecule has 0 spiro atoms. The van der Waals surface area contributed by atoms with E-state index in [4.69, 9.17) is 0 Å². The zero-order valence-electron chi connectivity index (χ0n) is 7.25. The lowest BCUT2D eigenvalue weighted by molar-refractivity contribution is -0.388. The molecule has 0 heterocycles. The van der Waals surface area contributed by atoms with Crippen molar-refractivity contribution in [3.63, 3.8) is 0 Å². The highest BCUT2D eigenvalue weighted by Gasteiger charge is 2.34. The first-order valence-corrected chi connectivity index (χ1v) is 3.66. The largest absolute Gasteiger partial charge is 0.573 e. The van der Waals surface area contributed by atoms with Crippen LogP contribution < -0.4 is 4.74 Å². The minimum atomic E-state index is -4.96. The molecule has 7 heteroatoms. The Kier molecular flexibility index (Phi) is 2.83. The van der Waals surface area contributed by atoms with E-state index in [2.05, 4.69) is 11.7 Å². The van der Waals surface area contributed by atoms with Crippen molar-refractivity contribution in [3.8, 4) is 5.75 Å². The maximum atomic E-state index is 11.9. The highest BCUT2D eigenvalue weighted by atomic mass is 19.4. The summed E-state index contributed by atoms with van der Waals surface area (Å²) < 4.78 is 39.0. The highest BCUT2D eigenvalue weighted by Crippen LogP contribution is 2.32. The van der Waals surface area contributed by atoms with Gasteiger partial charge in [-0.25, -0.2) is 0 Å². The van der Waals surface area contributed by atoms with Crippen LogP contribution >= 0.6 is 0 Å². The molecule has 0 aliphatic rings. The number of alkyl halides is 3. The Morgan fingerprint density at radius 1 is 1.40 bits per heavy atom. The molecule has 0 unspecified atom stereocenters. The van der Waals surface area contributed by atoms with E-state index in [-0.39, 0.29) is 5.56 Å². The van der Waals surface area contributed by atoms with Crippen LogP contribution in [-0.4, -0.2) is 11.3 Å². The smallest absolute Gasteiger partial charge is 0.398 e. The molecule has 15 heavy (non-hydrogen) atoms. The molecule has 0 aliphatic carbocycles. The summed E-state index contributed by atoms with van der Waals surface area (Å²) in [7, 11) is 0. The maximum absolute atomic E-state index is 11.9. The molecule has 81 valence electrons. The fourth-order valence-corrected chi connectivity index (χ4v) is 0.916. The van der Waals surface area contributed by atoms with Gasteiger partial charge >= 0.3 is 12.0 Å². The molecule has 0 bridgehead atoms. The molecule has 0 atom stereocenters. The van der Waals surface area contributed by atoms with Crippen molar-refractivity contribution in [2.24, 2.45) is 0 Å². The molecular formula is C8H5F3NO3. The van der Waals surface area contributed by atoms with Gasteiger partial charge < -0.3 is 4.74 Å². The Morgan fingerprint density at radius 3 is 2.47 bits per heavy atom. The van der Waals surface area contributed by atoms with E-state index in [1.165, 1.54) is 6.07 Å². The van der Waals surface area contributed by atoms with Crippen LogP contribution in [0.25, 0.3) is 0 Å². The Morgan fingerprint density at radius 2 is 2.00 bits per heavy atom. The third-order valence-electron chi connectivity index (χ3n) is 1.45. The van der Waals surface area contributed by atoms with Crippen molar-refractivity contribution in [1.82, 2.24) is 0 Å². The molecule has 1 radical (unpaired) electrons. The van der Waals surface area contributed by atoms with Crippen molar-refractivity contribution in [2.75, 3.05) is 0 Å². The number of hydrogen-bond acceptors (Lipinski definition) is 3. The Bertz CT molecular complexity index is 389. The lowest BCUT2D eigenvalue weighted by Crippen LogP contribution is -2.18. The number of nitro benzene ring substituents is 1. The lowest BCUT2D eigenvalue weighted by atomic mass is 10.2. The van der Waals surface area contributed by atoms with Gasteiger partial charge in [-0.15, -0.1) is 13.2 Å². The van der Waals surface area contributed by atoms with Crippen LogP contribution in [0.4, 0.5) is 18.9 Å². The van der Waals surface area contributed by atoms with Gasteiger partial charge in [0.25, 0.3) is 0 Å². The fraction of sp³-hybridized carbons (Fsp3) is 0.125. The van der Waals surface area contributed by atoms with Crippen molar-refractivity contribution in [2.45, 2.75) is 6.36 Å². The van der Waals surface area contributed by atoms with Gasteiger partial charge in [0.2, 0.25) is 5.75 Å². The summed E-state index contributed by atoms with van der Waals surface area (Å²) in [4.78, 5) is 9.40. The van der Waals surface area contributed by atoms with Crippen LogP contribution in [0.3, 0.4) is 0 Å². The standard InChI is InChI=1S/C8H5F3NO3/c1-5-2-3-6(12(13)14)7(4-5)15-8(9,10)11/h2-4H,1H2. The summed E-state index contributed by atoms with van der Waals surface area (Å²) in [6.07, 6.45) is -4.96. The summed E-state index contributed by atoms with van der Waals surface area (Å²) in [5.74, 6) is -0.861. The third kappa shape index (κ3) is 3.12. The van der Waals surface area contributed by atoms with Gasteiger partial charge in [-0.3, -0.25) is 10.1 Å². The minimum absolute atomic E-state index is 0.194. The van der Waals surface area contributed by atoms with Gasteiger partial charge in [-0.05, 0) is 18.6 Å². The zero-order valence-corrected chi connectivity index (χ0v) is 7.25. The number of hydrogen-bond donors (Lipinski definition) is 0. The zero-order chi connectivity index (χ0) is 11.6. The van der Waals surface area contributed by atoms with E-state index in [0.717, 1.165) is 12.1 Å². The number of nitro groups is 1. The number of rotatable bonds is 2. The fourth-order valence-electron chi connectivity index (χ4n) is 0.916. The van der Waals surface area contributed by atoms with Crippen LogP contribution in [0.5, 0.6) is 5.75 Å². The highest BCUT2D eigenvalue weighted by molar-refractivity contribution is 5.49. The first kappa shape index (κ1) is 11.3. The van der Waals surface area contributed by atoms with E-state index in [1.807, 2.05) is 0 Å². The molecule has 0 saturated heterocycles. The minimum Gasteiger partial charge on any atom is -0.398 e. The van der Waals surface area contributed by atoms with Gasteiger partial charge in [0.15, 0.2) is 0 Å². The third-order valence-corrected chi connectivity index (χ3v) is 1.45. The molecule has 1 aromatic rings. The molecular weight excluding hydrogens is 215 g/mol. The summed E-state index contributed by atoms with van der Waals surface area (Å²) in [6.45, 7) is 3.34. The van der Waals surface area contributed by atoms with E-state index >= 15 is 0 Å². The second kappa shape index (κ2) is 3.76. The van der Waals surface area contributed by atoms with Crippen LogP contribution in [0.1, 0.15) is 5.56 Å². The van der Waals surface area contributed by atoms with Gasteiger partial charge in [0.05, 0.1) is 4.92 Å². The number of benzene rings is 1. The quantitative estimate of drug-likeness (QED) is 0.568. The lowest BCUT2D eigenvalue weighted by Gasteiger charge is -2.09. The maximum Gasteiger partial charge on any atom is 0.573 e. The molecule has 0 aromatic heterocycles. The summed E-state index contributed by atoms with van der Waals surface area (Å²) in [5, 5.41) is 10.4. The van der Waals surface area contributed by atoms with Crippen LogP contribution in [0.15, 0.2) is 18.2 Å². The summed E-state index contributed by atoms with van der Waals surface area (Å²) in [6, 6.07) is 2.98. The van der Waals surface area contributed by atoms with E-state index in [0.29, 0.717) is 0 Å². The van der Waals surface area contributed by atoms with Crippen LogP contribution in [-0.2, 0) is 0 Å². The molecule has 0 aliphatic heterocycles. The van der Waals surface area contributed by atoms with Gasteiger partial charge in [-0.2, -0.15) is 0 Å². The molecule has 4 nitrogen and oxygen atoms in total. The first-order chi connectivity index (χ1) is 6.79. The van der Waals surface area contributed by atoms with Gasteiger partial charge in [-0.1, -0.05) is 6.07 Å². The van der Waals surface area contributed by atoms with E-state index in [9.17, 15) is 23.3 Å². The number of nitrogens with zero attached hydrogens (tertiary/aromatic N) is 1. The normalized spacial score (nSPS) is 11.2. The Labute approximate surface area is 82.4 Å². The monoisotopic (exact) mass is 220 g/mol. The molecule has 1 rings (SSSR count). The van der Waals surface area contributed by atoms with E-state index < -0.39 is 22.7 Å². The number of ether oxygens (including phenoxy) is 1. The van der Waals surface area contributed by atoms with Crippen molar-refractivity contribution in [3.05, 3.63) is 40.8 Å². The van der Waals surface area contributed by atoms with Crippen molar-refractivity contribution < 1.29 is 22.8 Å².